The fraction of sp³-hybridized carbons (Fsp3) is 0.333. The fourth-order valence-corrected chi connectivity index (χ4v) is 2.14. The lowest BCUT2D eigenvalue weighted by atomic mass is 9.89. The Hall–Kier alpha value is -1.38. The summed E-state index contributed by atoms with van der Waals surface area (Å²) in [6.07, 6.45) is 1.29. The first kappa shape index (κ1) is 12.1. The first-order valence-corrected chi connectivity index (χ1v) is 6.07. The van der Waals surface area contributed by atoms with Gasteiger partial charge >= 0.3 is 0 Å². The topological polar surface area (TPSA) is 46.2 Å². The Kier molecular flexibility index (Phi) is 3.46. The minimum Gasteiger partial charge on any atom is -0.388 e. The van der Waals surface area contributed by atoms with Crippen LogP contribution in [-0.2, 0) is 6.42 Å². The van der Waals surface area contributed by atoms with E-state index in [0.717, 1.165) is 5.56 Å². The molecule has 0 saturated carbocycles. The van der Waals surface area contributed by atoms with Crippen molar-refractivity contribution in [2.24, 2.45) is 5.73 Å². The molecule has 1 unspecified atom stereocenters. The van der Waals surface area contributed by atoms with Crippen molar-refractivity contribution in [3.8, 4) is 0 Å². The maximum Gasteiger partial charge on any atom is 0.0807 e. The van der Waals surface area contributed by atoms with Gasteiger partial charge in [0, 0.05) is 13.0 Å². The largest absolute Gasteiger partial charge is 0.388 e. The molecule has 17 heavy (non-hydrogen) atoms. The summed E-state index contributed by atoms with van der Waals surface area (Å²) >= 11 is 0. The van der Waals surface area contributed by atoms with Crippen molar-refractivity contribution in [2.45, 2.75) is 25.4 Å². The second-order valence-electron chi connectivity index (χ2n) is 4.60. The van der Waals surface area contributed by atoms with Crippen LogP contribution in [0.3, 0.4) is 0 Å². The van der Waals surface area contributed by atoms with E-state index < -0.39 is 5.60 Å². The number of hydrogen-bond acceptors (Lipinski definition) is 2. The molecule has 0 heterocycles. The van der Waals surface area contributed by atoms with Gasteiger partial charge in [-0.25, -0.2) is 0 Å². The van der Waals surface area contributed by atoms with Crippen LogP contribution in [0.1, 0.15) is 18.9 Å². The summed E-state index contributed by atoms with van der Waals surface area (Å²) in [5, 5.41) is 12.7. The van der Waals surface area contributed by atoms with E-state index in [2.05, 4.69) is 24.3 Å². The molecule has 0 saturated heterocycles. The minimum absolute atomic E-state index is 0.298. The Labute approximate surface area is 102 Å². The zero-order valence-corrected chi connectivity index (χ0v) is 10.2. The Morgan fingerprint density at radius 3 is 2.53 bits per heavy atom. The Morgan fingerprint density at radius 2 is 1.82 bits per heavy atom. The van der Waals surface area contributed by atoms with Gasteiger partial charge in [0.05, 0.1) is 5.60 Å². The Bertz CT molecular complexity index is 498. The second kappa shape index (κ2) is 4.86. The maximum atomic E-state index is 10.3. The molecule has 0 aromatic heterocycles. The summed E-state index contributed by atoms with van der Waals surface area (Å²) in [5.41, 5.74) is 6.04. The highest BCUT2D eigenvalue weighted by molar-refractivity contribution is 5.85. The normalized spacial score (nSPS) is 14.8. The van der Waals surface area contributed by atoms with Crippen molar-refractivity contribution >= 4 is 10.8 Å². The molecule has 1 atom stereocenters. The zero-order valence-electron chi connectivity index (χ0n) is 10.2. The molecular formula is C15H19NO. The molecule has 0 spiro atoms. The molecular weight excluding hydrogens is 210 g/mol. The van der Waals surface area contributed by atoms with Crippen LogP contribution >= 0.6 is 0 Å². The molecule has 0 radical (unpaired) electrons. The standard InChI is InChI=1S/C15H19NO/c1-2-15(17,11-16)10-13-8-5-7-12-6-3-4-9-14(12)13/h3-9,17H,2,10-11,16H2,1H3. The van der Waals surface area contributed by atoms with E-state index in [4.69, 9.17) is 5.73 Å². The predicted molar refractivity (Wildman–Crippen MR) is 71.9 cm³/mol. The molecule has 2 nitrogen and oxygen atoms in total. The van der Waals surface area contributed by atoms with E-state index in [-0.39, 0.29) is 0 Å². The third kappa shape index (κ3) is 2.48. The van der Waals surface area contributed by atoms with Crippen LogP contribution in [0, 0.1) is 0 Å². The highest BCUT2D eigenvalue weighted by atomic mass is 16.3. The van der Waals surface area contributed by atoms with Gasteiger partial charge in [-0.1, -0.05) is 49.4 Å². The van der Waals surface area contributed by atoms with Crippen LogP contribution in [0.4, 0.5) is 0 Å². The lowest BCUT2D eigenvalue weighted by molar-refractivity contribution is 0.0459. The van der Waals surface area contributed by atoms with Crippen LogP contribution in [0.15, 0.2) is 42.5 Å². The van der Waals surface area contributed by atoms with E-state index in [1.165, 1.54) is 10.8 Å². The second-order valence-corrected chi connectivity index (χ2v) is 4.60. The van der Waals surface area contributed by atoms with Crippen LogP contribution in [0.2, 0.25) is 0 Å². The summed E-state index contributed by atoms with van der Waals surface area (Å²) in [5.74, 6) is 0. The molecule has 2 heteroatoms. The van der Waals surface area contributed by atoms with Crippen molar-refractivity contribution in [3.63, 3.8) is 0 Å². The average molecular weight is 229 g/mol. The number of hydrogen-bond donors (Lipinski definition) is 2. The summed E-state index contributed by atoms with van der Waals surface area (Å²) in [7, 11) is 0. The molecule has 0 fully saturated rings. The number of fused-ring (bicyclic) bond motifs is 1. The highest BCUT2D eigenvalue weighted by Gasteiger charge is 2.23. The van der Waals surface area contributed by atoms with E-state index in [9.17, 15) is 5.11 Å². The lowest BCUT2D eigenvalue weighted by Crippen LogP contribution is -2.39. The van der Waals surface area contributed by atoms with Crippen LogP contribution < -0.4 is 5.73 Å². The van der Waals surface area contributed by atoms with Gasteiger partial charge in [0.1, 0.15) is 0 Å². The fourth-order valence-electron chi connectivity index (χ4n) is 2.14. The van der Waals surface area contributed by atoms with Gasteiger partial charge in [-0.2, -0.15) is 0 Å². The van der Waals surface area contributed by atoms with E-state index in [1.807, 2.05) is 25.1 Å². The quantitative estimate of drug-likeness (QED) is 0.846. The van der Waals surface area contributed by atoms with Gasteiger partial charge in [-0.05, 0) is 22.8 Å². The van der Waals surface area contributed by atoms with Gasteiger partial charge in [0.25, 0.3) is 0 Å². The molecule has 0 bridgehead atoms. The first-order valence-electron chi connectivity index (χ1n) is 6.07. The van der Waals surface area contributed by atoms with Gasteiger partial charge in [-0.3, -0.25) is 0 Å². The summed E-state index contributed by atoms with van der Waals surface area (Å²) in [4.78, 5) is 0. The van der Waals surface area contributed by atoms with Gasteiger partial charge in [0.2, 0.25) is 0 Å². The minimum atomic E-state index is -0.788. The van der Waals surface area contributed by atoms with E-state index in [1.54, 1.807) is 0 Å². The molecule has 3 N–H and O–H groups in total. The smallest absolute Gasteiger partial charge is 0.0807 e. The lowest BCUT2D eigenvalue weighted by Gasteiger charge is -2.25. The van der Waals surface area contributed by atoms with Gasteiger partial charge in [-0.15, -0.1) is 0 Å². The molecule has 2 rings (SSSR count). The molecule has 0 amide bonds. The predicted octanol–water partition coefficient (Wildman–Crippen LogP) is 2.48. The maximum absolute atomic E-state index is 10.3. The number of aliphatic hydroxyl groups is 1. The van der Waals surface area contributed by atoms with Crippen molar-refractivity contribution in [1.29, 1.82) is 0 Å². The third-order valence-electron chi connectivity index (χ3n) is 3.44. The van der Waals surface area contributed by atoms with Crippen molar-refractivity contribution < 1.29 is 5.11 Å². The van der Waals surface area contributed by atoms with Crippen LogP contribution in [0.25, 0.3) is 10.8 Å². The van der Waals surface area contributed by atoms with Crippen molar-refractivity contribution in [1.82, 2.24) is 0 Å². The molecule has 2 aromatic rings. The summed E-state index contributed by atoms with van der Waals surface area (Å²) in [6, 6.07) is 14.4. The van der Waals surface area contributed by atoms with E-state index >= 15 is 0 Å². The molecule has 90 valence electrons. The Balaban J connectivity index is 2.42. The Morgan fingerprint density at radius 1 is 1.12 bits per heavy atom. The molecule has 2 aromatic carbocycles. The molecule has 0 aliphatic heterocycles. The highest BCUT2D eigenvalue weighted by Crippen LogP contribution is 2.23. The van der Waals surface area contributed by atoms with Crippen molar-refractivity contribution in [3.05, 3.63) is 48.0 Å². The SMILES string of the molecule is CCC(O)(CN)Cc1cccc2ccccc12. The molecule has 0 aliphatic carbocycles. The number of rotatable bonds is 4. The zero-order chi connectivity index (χ0) is 12.3. The third-order valence-corrected chi connectivity index (χ3v) is 3.44. The monoisotopic (exact) mass is 229 g/mol. The number of nitrogens with two attached hydrogens (primary N) is 1. The molecule has 0 aliphatic rings. The van der Waals surface area contributed by atoms with Crippen LogP contribution in [0.5, 0.6) is 0 Å². The number of benzene rings is 2. The summed E-state index contributed by atoms with van der Waals surface area (Å²) < 4.78 is 0. The van der Waals surface area contributed by atoms with E-state index in [0.29, 0.717) is 19.4 Å². The van der Waals surface area contributed by atoms with Gasteiger partial charge < -0.3 is 10.8 Å². The van der Waals surface area contributed by atoms with Crippen molar-refractivity contribution in [2.75, 3.05) is 6.54 Å². The van der Waals surface area contributed by atoms with Gasteiger partial charge in [0.15, 0.2) is 0 Å². The first-order chi connectivity index (χ1) is 8.18. The van der Waals surface area contributed by atoms with Crippen LogP contribution in [-0.4, -0.2) is 17.3 Å². The summed E-state index contributed by atoms with van der Waals surface area (Å²) in [6.45, 7) is 2.27. The average Bonchev–Trinajstić information content (AvgIpc) is 2.39.